The van der Waals surface area contributed by atoms with E-state index in [1.807, 2.05) is 0 Å². The molecule has 0 aromatic rings. The van der Waals surface area contributed by atoms with E-state index in [1.54, 1.807) is 0 Å². The number of hydrogen-bond acceptors (Lipinski definition) is 3. The monoisotopic (exact) mass is 249 g/mol. The van der Waals surface area contributed by atoms with Crippen LogP contribution in [0.1, 0.15) is 52.4 Å². The fraction of sp³-hybridized carbons (Fsp3) is 0.933. The van der Waals surface area contributed by atoms with Gasteiger partial charge >= 0.3 is 0 Å². The van der Waals surface area contributed by atoms with Crippen LogP contribution in [-0.4, -0.2) is 29.6 Å². The van der Waals surface area contributed by atoms with Crippen LogP contribution in [0.15, 0.2) is 0 Å². The zero-order chi connectivity index (χ0) is 13.2. The van der Waals surface area contributed by atoms with Crippen molar-refractivity contribution >= 4 is 0 Å². The molecule has 2 atom stereocenters. The predicted octanol–water partition coefficient (Wildman–Crippen LogP) is 2.52. The quantitative estimate of drug-likeness (QED) is 0.787. The standard InChI is InChI=1S/C15H27N3/c1-12(2)18(10-13-5-6-13)9-7-14-4-3-8-15(14,17)11-16/h12-14H,3-10,17H2,1-2H3. The Hall–Kier alpha value is -0.590. The van der Waals surface area contributed by atoms with Crippen molar-refractivity contribution in [3.63, 3.8) is 0 Å². The van der Waals surface area contributed by atoms with E-state index < -0.39 is 5.54 Å². The lowest BCUT2D eigenvalue weighted by molar-refractivity contribution is 0.189. The Morgan fingerprint density at radius 3 is 2.67 bits per heavy atom. The zero-order valence-electron chi connectivity index (χ0n) is 11.9. The summed E-state index contributed by atoms with van der Waals surface area (Å²) in [7, 11) is 0. The van der Waals surface area contributed by atoms with E-state index >= 15 is 0 Å². The van der Waals surface area contributed by atoms with Crippen molar-refractivity contribution in [3.05, 3.63) is 0 Å². The number of nitrogens with zero attached hydrogens (tertiary/aromatic N) is 2. The molecule has 3 heteroatoms. The largest absolute Gasteiger partial charge is 0.313 e. The van der Waals surface area contributed by atoms with E-state index in [-0.39, 0.29) is 0 Å². The molecule has 102 valence electrons. The molecule has 2 N–H and O–H groups in total. The molecule has 0 aromatic carbocycles. The molecule has 0 saturated heterocycles. The van der Waals surface area contributed by atoms with Gasteiger partial charge in [0.25, 0.3) is 0 Å². The van der Waals surface area contributed by atoms with Crippen LogP contribution >= 0.6 is 0 Å². The summed E-state index contributed by atoms with van der Waals surface area (Å²) in [5.74, 6) is 1.34. The van der Waals surface area contributed by atoms with E-state index in [2.05, 4.69) is 24.8 Å². The summed E-state index contributed by atoms with van der Waals surface area (Å²) in [5.41, 5.74) is 5.66. The fourth-order valence-electron chi connectivity index (χ4n) is 3.17. The second kappa shape index (κ2) is 5.59. The smallest absolute Gasteiger partial charge is 0.107 e. The highest BCUT2D eigenvalue weighted by atomic mass is 15.1. The molecule has 3 nitrogen and oxygen atoms in total. The van der Waals surface area contributed by atoms with Gasteiger partial charge in [-0.2, -0.15) is 5.26 Å². The van der Waals surface area contributed by atoms with E-state index in [0.29, 0.717) is 12.0 Å². The minimum absolute atomic E-state index is 0.406. The maximum absolute atomic E-state index is 9.24. The van der Waals surface area contributed by atoms with Gasteiger partial charge in [0.1, 0.15) is 5.54 Å². The van der Waals surface area contributed by atoms with Crippen LogP contribution in [0.4, 0.5) is 0 Å². The Morgan fingerprint density at radius 1 is 1.39 bits per heavy atom. The summed E-state index contributed by atoms with van der Waals surface area (Å²) in [6.45, 7) is 6.90. The third-order valence-corrected chi connectivity index (χ3v) is 4.76. The molecule has 2 aliphatic carbocycles. The predicted molar refractivity (Wildman–Crippen MR) is 73.9 cm³/mol. The van der Waals surface area contributed by atoms with E-state index in [0.717, 1.165) is 38.1 Å². The topological polar surface area (TPSA) is 53.0 Å². The highest BCUT2D eigenvalue weighted by molar-refractivity contribution is 5.12. The Balaban J connectivity index is 1.83. The number of nitriles is 1. The Morgan fingerprint density at radius 2 is 2.11 bits per heavy atom. The molecule has 2 aliphatic rings. The molecule has 0 amide bonds. The van der Waals surface area contributed by atoms with E-state index in [1.165, 1.54) is 19.4 Å². The minimum Gasteiger partial charge on any atom is -0.313 e. The minimum atomic E-state index is -0.539. The average Bonchev–Trinajstić information content (AvgIpc) is 3.08. The third kappa shape index (κ3) is 3.24. The lowest BCUT2D eigenvalue weighted by atomic mass is 9.87. The molecule has 2 unspecified atom stereocenters. The van der Waals surface area contributed by atoms with Crippen molar-refractivity contribution in [3.8, 4) is 6.07 Å². The van der Waals surface area contributed by atoms with Gasteiger partial charge < -0.3 is 10.6 Å². The first-order valence-corrected chi connectivity index (χ1v) is 7.49. The normalized spacial score (nSPS) is 32.1. The third-order valence-electron chi connectivity index (χ3n) is 4.76. The molecule has 0 radical (unpaired) electrons. The summed E-state index contributed by atoms with van der Waals surface area (Å²) in [6, 6.07) is 2.97. The Labute approximate surface area is 111 Å². The van der Waals surface area contributed by atoms with Crippen molar-refractivity contribution in [1.29, 1.82) is 5.26 Å². The van der Waals surface area contributed by atoms with Gasteiger partial charge in [-0.05, 0) is 64.3 Å². The van der Waals surface area contributed by atoms with Gasteiger partial charge in [-0.1, -0.05) is 6.42 Å². The van der Waals surface area contributed by atoms with Crippen LogP contribution in [0.2, 0.25) is 0 Å². The Kier molecular flexibility index (Phi) is 4.29. The van der Waals surface area contributed by atoms with Crippen molar-refractivity contribution in [1.82, 2.24) is 4.90 Å². The second-order valence-corrected chi connectivity index (χ2v) is 6.56. The van der Waals surface area contributed by atoms with Gasteiger partial charge in [-0.3, -0.25) is 0 Å². The van der Waals surface area contributed by atoms with Crippen LogP contribution in [0.25, 0.3) is 0 Å². The fourth-order valence-corrected chi connectivity index (χ4v) is 3.17. The van der Waals surface area contributed by atoms with Crippen molar-refractivity contribution in [2.45, 2.75) is 64.0 Å². The molecule has 2 saturated carbocycles. The molecular formula is C15H27N3. The van der Waals surface area contributed by atoms with Crippen LogP contribution in [0.5, 0.6) is 0 Å². The lowest BCUT2D eigenvalue weighted by Crippen LogP contribution is -2.44. The lowest BCUT2D eigenvalue weighted by Gasteiger charge is -2.30. The summed E-state index contributed by atoms with van der Waals surface area (Å²) < 4.78 is 0. The van der Waals surface area contributed by atoms with Gasteiger partial charge in [0.2, 0.25) is 0 Å². The van der Waals surface area contributed by atoms with Crippen LogP contribution in [0, 0.1) is 23.2 Å². The maximum Gasteiger partial charge on any atom is 0.107 e. The summed E-state index contributed by atoms with van der Waals surface area (Å²) >= 11 is 0. The number of hydrogen-bond donors (Lipinski definition) is 1. The van der Waals surface area contributed by atoms with Gasteiger partial charge in [0.15, 0.2) is 0 Å². The first kappa shape index (κ1) is 13.8. The van der Waals surface area contributed by atoms with E-state index in [9.17, 15) is 5.26 Å². The molecule has 2 rings (SSSR count). The van der Waals surface area contributed by atoms with Crippen LogP contribution < -0.4 is 5.73 Å². The maximum atomic E-state index is 9.24. The van der Waals surface area contributed by atoms with Crippen molar-refractivity contribution in [2.24, 2.45) is 17.6 Å². The van der Waals surface area contributed by atoms with Gasteiger partial charge in [-0.15, -0.1) is 0 Å². The van der Waals surface area contributed by atoms with Gasteiger partial charge in [0, 0.05) is 12.6 Å². The van der Waals surface area contributed by atoms with Gasteiger partial charge in [-0.25, -0.2) is 0 Å². The molecule has 18 heavy (non-hydrogen) atoms. The van der Waals surface area contributed by atoms with Crippen molar-refractivity contribution in [2.75, 3.05) is 13.1 Å². The molecular weight excluding hydrogens is 222 g/mol. The summed E-state index contributed by atoms with van der Waals surface area (Å²) in [5, 5.41) is 9.24. The molecule has 2 fully saturated rings. The summed E-state index contributed by atoms with van der Waals surface area (Å²) in [6.07, 6.45) is 7.06. The van der Waals surface area contributed by atoms with Crippen LogP contribution in [0.3, 0.4) is 0 Å². The SMILES string of the molecule is CC(C)N(CCC1CCCC1(N)C#N)CC1CC1. The number of nitrogens with two attached hydrogens (primary N) is 1. The molecule has 0 heterocycles. The second-order valence-electron chi connectivity index (χ2n) is 6.56. The van der Waals surface area contributed by atoms with Gasteiger partial charge in [0.05, 0.1) is 6.07 Å². The van der Waals surface area contributed by atoms with Crippen LogP contribution in [-0.2, 0) is 0 Å². The molecule has 0 aromatic heterocycles. The van der Waals surface area contributed by atoms with Crippen molar-refractivity contribution < 1.29 is 0 Å². The molecule has 0 bridgehead atoms. The average molecular weight is 249 g/mol. The summed E-state index contributed by atoms with van der Waals surface area (Å²) in [4.78, 5) is 2.58. The highest BCUT2D eigenvalue weighted by Gasteiger charge is 2.39. The zero-order valence-corrected chi connectivity index (χ0v) is 11.9. The molecule has 0 aliphatic heterocycles. The Bertz CT molecular complexity index is 316. The highest BCUT2D eigenvalue weighted by Crippen LogP contribution is 2.36. The number of rotatable bonds is 6. The molecule has 0 spiro atoms. The van der Waals surface area contributed by atoms with E-state index in [4.69, 9.17) is 5.73 Å². The first-order valence-electron chi connectivity index (χ1n) is 7.49. The first-order chi connectivity index (χ1) is 8.55.